The molecule has 19 heavy (non-hydrogen) atoms. The molecule has 8 heteroatoms. The van der Waals surface area contributed by atoms with E-state index in [0.717, 1.165) is 5.56 Å². The Kier molecular flexibility index (Phi) is 4.35. The van der Waals surface area contributed by atoms with Gasteiger partial charge in [0.05, 0.1) is 7.11 Å². The summed E-state index contributed by atoms with van der Waals surface area (Å²) in [4.78, 5) is 11.2. The van der Waals surface area contributed by atoms with Crippen molar-refractivity contribution >= 4 is 17.7 Å². The van der Waals surface area contributed by atoms with Crippen LogP contribution in [0.2, 0.25) is 0 Å². The van der Waals surface area contributed by atoms with Crippen molar-refractivity contribution in [1.82, 2.24) is 20.2 Å². The number of rotatable bonds is 5. The fraction of sp³-hybridized carbons (Fsp3) is 0.273. The Hall–Kier alpha value is -2.09. The lowest BCUT2D eigenvalue weighted by Gasteiger charge is -2.03. The van der Waals surface area contributed by atoms with Crippen LogP contribution in [-0.4, -0.2) is 38.4 Å². The fourth-order valence-corrected chi connectivity index (χ4v) is 2.16. The highest BCUT2D eigenvalue weighted by atomic mass is 32.2. The van der Waals surface area contributed by atoms with Gasteiger partial charge >= 0.3 is 5.97 Å². The summed E-state index contributed by atoms with van der Waals surface area (Å²) in [6.45, 7) is -0.0125. The standard InChI is InChI=1S/C11H12N4O3S/c1-18-10(17)6-15-11(12-13-14-15)19-7-8-2-4-9(16)5-3-8/h2-5,16H,6-7H2,1H3. The van der Waals surface area contributed by atoms with Gasteiger partial charge in [0.15, 0.2) is 0 Å². The fourth-order valence-electron chi connectivity index (χ4n) is 1.33. The first-order valence-electron chi connectivity index (χ1n) is 5.42. The maximum Gasteiger partial charge on any atom is 0.327 e. The van der Waals surface area contributed by atoms with Gasteiger partial charge in [-0.25, -0.2) is 4.68 Å². The maximum absolute atomic E-state index is 11.2. The van der Waals surface area contributed by atoms with E-state index in [0.29, 0.717) is 10.9 Å². The lowest BCUT2D eigenvalue weighted by atomic mass is 10.2. The average molecular weight is 280 g/mol. The highest BCUT2D eigenvalue weighted by molar-refractivity contribution is 7.98. The Labute approximate surface area is 113 Å². The minimum atomic E-state index is -0.404. The van der Waals surface area contributed by atoms with E-state index >= 15 is 0 Å². The number of methoxy groups -OCH3 is 1. The molecule has 2 aromatic rings. The molecule has 2 rings (SSSR count). The third kappa shape index (κ3) is 3.68. The van der Waals surface area contributed by atoms with E-state index < -0.39 is 5.97 Å². The van der Waals surface area contributed by atoms with Gasteiger partial charge in [-0.05, 0) is 28.1 Å². The van der Waals surface area contributed by atoms with E-state index in [9.17, 15) is 9.90 Å². The summed E-state index contributed by atoms with van der Waals surface area (Å²) in [5, 5.41) is 20.8. The summed E-state index contributed by atoms with van der Waals surface area (Å²) in [5.41, 5.74) is 1.02. The van der Waals surface area contributed by atoms with Crippen LogP contribution in [0.15, 0.2) is 29.4 Å². The average Bonchev–Trinajstić information content (AvgIpc) is 2.85. The molecular weight excluding hydrogens is 268 g/mol. The Morgan fingerprint density at radius 3 is 2.84 bits per heavy atom. The molecule has 1 N–H and O–H groups in total. The number of carbonyl (C=O) groups is 1. The molecule has 0 atom stereocenters. The Morgan fingerprint density at radius 2 is 2.16 bits per heavy atom. The molecule has 7 nitrogen and oxygen atoms in total. The van der Waals surface area contributed by atoms with Gasteiger partial charge in [-0.2, -0.15) is 0 Å². The summed E-state index contributed by atoms with van der Waals surface area (Å²) in [5.74, 6) is 0.463. The zero-order valence-corrected chi connectivity index (χ0v) is 11.0. The van der Waals surface area contributed by atoms with Crippen LogP contribution in [0.3, 0.4) is 0 Å². The molecule has 0 bridgehead atoms. The summed E-state index contributed by atoms with van der Waals surface area (Å²) >= 11 is 1.40. The second-order valence-corrected chi connectivity index (χ2v) is 4.59. The lowest BCUT2D eigenvalue weighted by Crippen LogP contribution is -2.13. The number of hydrogen-bond donors (Lipinski definition) is 1. The van der Waals surface area contributed by atoms with Crippen LogP contribution in [0.25, 0.3) is 0 Å². The van der Waals surface area contributed by atoms with Crippen molar-refractivity contribution in [3.63, 3.8) is 0 Å². The maximum atomic E-state index is 11.2. The summed E-state index contributed by atoms with van der Waals surface area (Å²) < 4.78 is 5.95. The van der Waals surface area contributed by atoms with E-state index in [-0.39, 0.29) is 12.3 Å². The van der Waals surface area contributed by atoms with Crippen LogP contribution in [0.4, 0.5) is 0 Å². The van der Waals surface area contributed by atoms with E-state index in [2.05, 4.69) is 20.3 Å². The second kappa shape index (κ2) is 6.19. The Balaban J connectivity index is 1.98. The molecule has 0 aliphatic heterocycles. The van der Waals surface area contributed by atoms with Crippen molar-refractivity contribution in [2.45, 2.75) is 17.5 Å². The Bertz CT molecular complexity index is 555. The van der Waals surface area contributed by atoms with Gasteiger partial charge in [0.2, 0.25) is 5.16 Å². The smallest absolute Gasteiger partial charge is 0.327 e. The quantitative estimate of drug-likeness (QED) is 0.641. The van der Waals surface area contributed by atoms with Gasteiger partial charge in [0, 0.05) is 5.75 Å². The lowest BCUT2D eigenvalue weighted by molar-refractivity contribution is -0.141. The predicted octanol–water partition coefficient (Wildman–Crippen LogP) is 0.844. The third-order valence-electron chi connectivity index (χ3n) is 2.31. The van der Waals surface area contributed by atoms with Gasteiger partial charge in [0.1, 0.15) is 12.3 Å². The molecule has 0 spiro atoms. The zero-order chi connectivity index (χ0) is 13.7. The number of esters is 1. The number of tetrazole rings is 1. The number of thioether (sulfide) groups is 1. The number of ether oxygens (including phenoxy) is 1. The van der Waals surface area contributed by atoms with Gasteiger partial charge in [-0.3, -0.25) is 4.79 Å². The number of benzene rings is 1. The molecule has 0 radical (unpaired) electrons. The van der Waals surface area contributed by atoms with Crippen molar-refractivity contribution in [1.29, 1.82) is 0 Å². The summed E-state index contributed by atoms with van der Waals surface area (Å²) in [6.07, 6.45) is 0. The monoisotopic (exact) mass is 280 g/mol. The molecule has 0 aliphatic rings. The van der Waals surface area contributed by atoms with Crippen molar-refractivity contribution in [3.8, 4) is 5.75 Å². The van der Waals surface area contributed by atoms with Crippen molar-refractivity contribution < 1.29 is 14.6 Å². The molecule has 0 aliphatic carbocycles. The van der Waals surface area contributed by atoms with Crippen LogP contribution in [0, 0.1) is 0 Å². The third-order valence-corrected chi connectivity index (χ3v) is 3.34. The first-order valence-corrected chi connectivity index (χ1v) is 6.41. The molecule has 0 saturated heterocycles. The van der Waals surface area contributed by atoms with Crippen molar-refractivity contribution in [3.05, 3.63) is 29.8 Å². The molecule has 100 valence electrons. The van der Waals surface area contributed by atoms with Crippen LogP contribution in [0.5, 0.6) is 5.75 Å². The number of hydrogen-bond acceptors (Lipinski definition) is 7. The van der Waals surface area contributed by atoms with Crippen LogP contribution in [-0.2, 0) is 21.8 Å². The second-order valence-electron chi connectivity index (χ2n) is 3.65. The first kappa shape index (κ1) is 13.3. The zero-order valence-electron chi connectivity index (χ0n) is 10.2. The largest absolute Gasteiger partial charge is 0.508 e. The molecule has 0 fully saturated rings. The molecule has 1 aromatic carbocycles. The molecule has 1 heterocycles. The SMILES string of the molecule is COC(=O)Cn1nnnc1SCc1ccc(O)cc1. The molecule has 0 unspecified atom stereocenters. The summed E-state index contributed by atoms with van der Waals surface area (Å²) in [6, 6.07) is 6.87. The van der Waals surface area contributed by atoms with Gasteiger partial charge in [-0.1, -0.05) is 23.9 Å². The van der Waals surface area contributed by atoms with Crippen molar-refractivity contribution in [2.75, 3.05) is 7.11 Å². The van der Waals surface area contributed by atoms with E-state index in [1.807, 2.05) is 12.1 Å². The number of aromatic nitrogens is 4. The number of aromatic hydroxyl groups is 1. The molecule has 1 aromatic heterocycles. The highest BCUT2D eigenvalue weighted by Crippen LogP contribution is 2.21. The normalized spacial score (nSPS) is 10.4. The van der Waals surface area contributed by atoms with Crippen LogP contribution < -0.4 is 0 Å². The molecule has 0 amide bonds. The summed E-state index contributed by atoms with van der Waals surface area (Å²) in [7, 11) is 1.32. The number of nitrogens with zero attached hydrogens (tertiary/aromatic N) is 4. The van der Waals surface area contributed by atoms with E-state index in [4.69, 9.17) is 0 Å². The van der Waals surface area contributed by atoms with E-state index in [1.165, 1.54) is 23.6 Å². The topological polar surface area (TPSA) is 90.1 Å². The number of phenols is 1. The Morgan fingerprint density at radius 1 is 1.42 bits per heavy atom. The number of carbonyl (C=O) groups excluding carboxylic acids is 1. The van der Waals surface area contributed by atoms with E-state index in [1.54, 1.807) is 12.1 Å². The molecule has 0 saturated carbocycles. The minimum absolute atomic E-state index is 0.0125. The molecular formula is C11H12N4O3S. The van der Waals surface area contributed by atoms with Crippen LogP contribution in [0.1, 0.15) is 5.56 Å². The van der Waals surface area contributed by atoms with Gasteiger partial charge < -0.3 is 9.84 Å². The van der Waals surface area contributed by atoms with Crippen molar-refractivity contribution in [2.24, 2.45) is 0 Å². The first-order chi connectivity index (χ1) is 9.19. The van der Waals surface area contributed by atoms with Crippen LogP contribution >= 0.6 is 11.8 Å². The highest BCUT2D eigenvalue weighted by Gasteiger charge is 2.11. The predicted molar refractivity (Wildman–Crippen MR) is 67.5 cm³/mol. The van der Waals surface area contributed by atoms with Gasteiger partial charge in [0.25, 0.3) is 0 Å². The number of phenolic OH excluding ortho intramolecular Hbond substituents is 1. The minimum Gasteiger partial charge on any atom is -0.508 e. The van der Waals surface area contributed by atoms with Gasteiger partial charge in [-0.15, -0.1) is 5.10 Å².